The van der Waals surface area contributed by atoms with Gasteiger partial charge in [0.2, 0.25) is 0 Å². The minimum atomic E-state index is 0.506. The molecule has 10 heavy (non-hydrogen) atoms. The van der Waals surface area contributed by atoms with Crippen LogP contribution in [0.1, 0.15) is 12.8 Å². The van der Waals surface area contributed by atoms with Gasteiger partial charge in [-0.3, -0.25) is 5.43 Å². The highest BCUT2D eigenvalue weighted by Crippen LogP contribution is 2.24. The molecule has 2 saturated heterocycles. The summed E-state index contributed by atoms with van der Waals surface area (Å²) in [4.78, 5) is 0. The van der Waals surface area contributed by atoms with E-state index in [9.17, 15) is 0 Å². The molecule has 2 aliphatic rings. The van der Waals surface area contributed by atoms with Crippen LogP contribution in [0.25, 0.3) is 0 Å². The number of nitrogens with zero attached hydrogens (tertiary/aromatic N) is 1. The van der Waals surface area contributed by atoms with E-state index in [0.29, 0.717) is 12.2 Å². The molecule has 0 radical (unpaired) electrons. The zero-order chi connectivity index (χ0) is 6.97. The number of ether oxygens (including phenoxy) is 1. The molecular formula is C7H14N2O. The summed E-state index contributed by atoms with van der Waals surface area (Å²) >= 11 is 0. The summed E-state index contributed by atoms with van der Waals surface area (Å²) in [5.74, 6) is 0. The first-order valence-corrected chi connectivity index (χ1v) is 3.96. The molecule has 0 spiro atoms. The predicted molar refractivity (Wildman–Crippen MR) is 38.5 cm³/mol. The predicted octanol–water partition coefficient (Wildman–Crippen LogP) is -0.0160. The van der Waals surface area contributed by atoms with Crippen LogP contribution in [0.2, 0.25) is 0 Å². The van der Waals surface area contributed by atoms with Crippen LogP contribution in [0.15, 0.2) is 0 Å². The highest BCUT2D eigenvalue weighted by molar-refractivity contribution is 4.82. The quantitative estimate of drug-likeness (QED) is 0.557. The van der Waals surface area contributed by atoms with Crippen LogP contribution in [-0.4, -0.2) is 37.4 Å². The Kier molecular flexibility index (Phi) is 1.64. The SMILES string of the molecule is CNN1CC2CCC(C1)O2. The van der Waals surface area contributed by atoms with E-state index in [1.165, 1.54) is 12.8 Å². The number of morpholine rings is 1. The van der Waals surface area contributed by atoms with Crippen molar-refractivity contribution in [3.63, 3.8) is 0 Å². The first-order valence-electron chi connectivity index (χ1n) is 3.96. The fraction of sp³-hybridized carbons (Fsp3) is 1.00. The van der Waals surface area contributed by atoms with Gasteiger partial charge in [0.25, 0.3) is 0 Å². The van der Waals surface area contributed by atoms with Crippen molar-refractivity contribution >= 4 is 0 Å². The average Bonchev–Trinajstić information content (AvgIpc) is 2.30. The second-order valence-electron chi connectivity index (χ2n) is 3.09. The lowest BCUT2D eigenvalue weighted by molar-refractivity contribution is -0.0532. The monoisotopic (exact) mass is 142 g/mol. The van der Waals surface area contributed by atoms with Crippen molar-refractivity contribution in [3.8, 4) is 0 Å². The fourth-order valence-corrected chi connectivity index (χ4v) is 1.80. The van der Waals surface area contributed by atoms with Gasteiger partial charge in [-0.25, -0.2) is 5.01 Å². The molecule has 2 bridgehead atoms. The molecule has 58 valence electrons. The van der Waals surface area contributed by atoms with Crippen LogP contribution in [0.5, 0.6) is 0 Å². The molecule has 0 aromatic carbocycles. The molecule has 2 rings (SSSR count). The number of rotatable bonds is 1. The first kappa shape index (κ1) is 6.58. The van der Waals surface area contributed by atoms with Gasteiger partial charge in [-0.05, 0) is 19.9 Å². The Balaban J connectivity index is 1.96. The lowest BCUT2D eigenvalue weighted by atomic mass is 10.2. The van der Waals surface area contributed by atoms with Gasteiger partial charge in [-0.2, -0.15) is 0 Å². The van der Waals surface area contributed by atoms with Crippen molar-refractivity contribution in [2.45, 2.75) is 25.0 Å². The Morgan fingerprint density at radius 1 is 1.30 bits per heavy atom. The summed E-state index contributed by atoms with van der Waals surface area (Å²) in [6, 6.07) is 0. The van der Waals surface area contributed by atoms with Gasteiger partial charge in [0.1, 0.15) is 0 Å². The van der Waals surface area contributed by atoms with Gasteiger partial charge in [0.05, 0.1) is 12.2 Å². The van der Waals surface area contributed by atoms with Gasteiger partial charge in [0.15, 0.2) is 0 Å². The highest BCUT2D eigenvalue weighted by Gasteiger charge is 2.32. The van der Waals surface area contributed by atoms with E-state index in [-0.39, 0.29) is 0 Å². The van der Waals surface area contributed by atoms with Crippen LogP contribution in [0, 0.1) is 0 Å². The minimum Gasteiger partial charge on any atom is -0.372 e. The molecule has 2 aliphatic heterocycles. The van der Waals surface area contributed by atoms with Crippen molar-refractivity contribution in [2.75, 3.05) is 20.1 Å². The number of hydrogen-bond acceptors (Lipinski definition) is 3. The Morgan fingerprint density at radius 2 is 1.90 bits per heavy atom. The summed E-state index contributed by atoms with van der Waals surface area (Å²) in [5, 5.41) is 2.24. The van der Waals surface area contributed by atoms with E-state index < -0.39 is 0 Å². The van der Waals surface area contributed by atoms with E-state index in [0.717, 1.165) is 13.1 Å². The maximum Gasteiger partial charge on any atom is 0.0721 e. The molecular weight excluding hydrogens is 128 g/mol. The van der Waals surface area contributed by atoms with Crippen molar-refractivity contribution in [2.24, 2.45) is 0 Å². The third kappa shape index (κ3) is 1.05. The summed E-state index contributed by atoms with van der Waals surface area (Å²) in [6.45, 7) is 2.12. The zero-order valence-corrected chi connectivity index (χ0v) is 6.34. The van der Waals surface area contributed by atoms with E-state index >= 15 is 0 Å². The first-order chi connectivity index (χ1) is 4.88. The standard InChI is InChI=1S/C7H14N2O/c1-8-9-4-6-2-3-7(5-9)10-6/h6-8H,2-5H2,1H3. The Bertz CT molecular complexity index is 117. The van der Waals surface area contributed by atoms with Gasteiger partial charge < -0.3 is 4.74 Å². The zero-order valence-electron chi connectivity index (χ0n) is 6.34. The molecule has 0 aliphatic carbocycles. The van der Waals surface area contributed by atoms with E-state index in [1.54, 1.807) is 0 Å². The van der Waals surface area contributed by atoms with Gasteiger partial charge in [0, 0.05) is 13.1 Å². The van der Waals surface area contributed by atoms with Crippen LogP contribution >= 0.6 is 0 Å². The largest absolute Gasteiger partial charge is 0.372 e. The normalized spacial score (nSPS) is 40.5. The Hall–Kier alpha value is -0.120. The van der Waals surface area contributed by atoms with Crippen molar-refractivity contribution in [3.05, 3.63) is 0 Å². The Morgan fingerprint density at radius 3 is 2.40 bits per heavy atom. The molecule has 0 aromatic heterocycles. The van der Waals surface area contributed by atoms with Gasteiger partial charge >= 0.3 is 0 Å². The third-order valence-electron chi connectivity index (χ3n) is 2.36. The second-order valence-corrected chi connectivity index (χ2v) is 3.09. The lowest BCUT2D eigenvalue weighted by Crippen LogP contribution is -2.48. The average molecular weight is 142 g/mol. The number of nitrogens with one attached hydrogen (secondary N) is 1. The minimum absolute atomic E-state index is 0.506. The molecule has 2 atom stereocenters. The van der Waals surface area contributed by atoms with Crippen LogP contribution in [0.4, 0.5) is 0 Å². The Labute approximate surface area is 61.3 Å². The topological polar surface area (TPSA) is 24.5 Å². The molecule has 2 unspecified atom stereocenters. The summed E-state index contributed by atoms with van der Waals surface area (Å²) in [6.07, 6.45) is 3.52. The van der Waals surface area contributed by atoms with Crippen LogP contribution in [-0.2, 0) is 4.74 Å². The van der Waals surface area contributed by atoms with E-state index in [1.807, 2.05) is 7.05 Å². The molecule has 2 heterocycles. The number of hydrazine groups is 1. The summed E-state index contributed by atoms with van der Waals surface area (Å²) in [5.41, 5.74) is 3.16. The van der Waals surface area contributed by atoms with E-state index in [2.05, 4.69) is 10.4 Å². The van der Waals surface area contributed by atoms with Gasteiger partial charge in [-0.1, -0.05) is 0 Å². The highest BCUT2D eigenvalue weighted by atomic mass is 16.5. The third-order valence-corrected chi connectivity index (χ3v) is 2.36. The molecule has 1 N–H and O–H groups in total. The lowest BCUT2D eigenvalue weighted by Gasteiger charge is -2.30. The second kappa shape index (κ2) is 2.49. The molecule has 0 aromatic rings. The van der Waals surface area contributed by atoms with Crippen molar-refractivity contribution in [1.82, 2.24) is 10.4 Å². The molecule has 2 fully saturated rings. The fourth-order valence-electron chi connectivity index (χ4n) is 1.80. The molecule has 0 saturated carbocycles. The maximum absolute atomic E-state index is 5.65. The van der Waals surface area contributed by atoms with Crippen molar-refractivity contribution in [1.29, 1.82) is 0 Å². The maximum atomic E-state index is 5.65. The molecule has 3 heteroatoms. The molecule has 3 nitrogen and oxygen atoms in total. The van der Waals surface area contributed by atoms with Crippen LogP contribution in [0.3, 0.4) is 0 Å². The van der Waals surface area contributed by atoms with Crippen LogP contribution < -0.4 is 5.43 Å². The molecule has 0 amide bonds. The van der Waals surface area contributed by atoms with Gasteiger partial charge in [-0.15, -0.1) is 0 Å². The van der Waals surface area contributed by atoms with E-state index in [4.69, 9.17) is 4.74 Å². The number of hydrogen-bond donors (Lipinski definition) is 1. The smallest absolute Gasteiger partial charge is 0.0721 e. The number of fused-ring (bicyclic) bond motifs is 2. The summed E-state index contributed by atoms with van der Waals surface area (Å²) in [7, 11) is 1.98. The van der Waals surface area contributed by atoms with Crippen molar-refractivity contribution < 1.29 is 4.74 Å². The summed E-state index contributed by atoms with van der Waals surface area (Å²) < 4.78 is 5.65.